The van der Waals surface area contributed by atoms with Crippen molar-refractivity contribution in [3.8, 4) is 0 Å². The average molecular weight is 806 g/mol. The summed E-state index contributed by atoms with van der Waals surface area (Å²) in [5, 5.41) is 10.8. The van der Waals surface area contributed by atoms with Crippen molar-refractivity contribution < 1.29 is 49.7 Å². The summed E-state index contributed by atoms with van der Waals surface area (Å²) >= 11 is 0. The smallest absolute Gasteiger partial charge is 1.00 e. The minimum Gasteiger partial charge on any atom is -1.00 e. The first-order chi connectivity index (χ1) is 25.7. The van der Waals surface area contributed by atoms with E-state index in [4.69, 9.17) is 8.85 Å². The van der Waals surface area contributed by atoms with Gasteiger partial charge in [-0.25, -0.2) is 0 Å². The van der Waals surface area contributed by atoms with Crippen LogP contribution >= 0.6 is 0 Å². The maximum absolute atomic E-state index is 12.9. The van der Waals surface area contributed by atoms with E-state index in [1.54, 1.807) is 5.56 Å². The van der Waals surface area contributed by atoms with Crippen LogP contribution in [-0.4, -0.2) is 48.1 Å². The standard InChI is InChI=1S/C24H38O2Si.C24H36O2Si.B.Na.H/c2*1-5-6-16-7-9-17(10-8-16)18-11-19-13-21-15-23(26-27(2,3)4)24(25)22(21)14-20(19)12-18;;;/h13-14,16-18,23-25H,5-12,15H2,1-4H3;13-14,16-18,23H,5-12,15H2,1-4H3;;;/q;;;+1;-1. The fourth-order valence-corrected chi connectivity index (χ4v) is 14.0. The molecule has 2 aromatic carbocycles. The van der Waals surface area contributed by atoms with Gasteiger partial charge in [-0.05, 0) is 171 Å². The first-order valence-corrected chi connectivity index (χ1v) is 29.4. The molecule has 0 heterocycles. The predicted molar refractivity (Wildman–Crippen MR) is 235 cm³/mol. The summed E-state index contributed by atoms with van der Waals surface area (Å²) in [4.78, 5) is 12.9. The molecule has 8 heteroatoms. The van der Waals surface area contributed by atoms with Gasteiger partial charge in [0.05, 0.1) is 6.10 Å². The van der Waals surface area contributed by atoms with E-state index in [9.17, 15) is 9.90 Å². The average Bonchev–Trinajstić information content (AvgIpc) is 3.86. The van der Waals surface area contributed by atoms with Crippen molar-refractivity contribution in [3.63, 3.8) is 0 Å². The normalized spacial score (nSPS) is 30.7. The molecule has 0 saturated heterocycles. The number of fused-ring (bicyclic) bond motifs is 4. The molecule has 0 bridgehead atoms. The van der Waals surface area contributed by atoms with E-state index < -0.39 is 22.7 Å². The van der Waals surface area contributed by atoms with Gasteiger partial charge in [0.15, 0.2) is 22.4 Å². The van der Waals surface area contributed by atoms with Crippen LogP contribution in [0, 0.1) is 35.5 Å². The molecular formula is C48H75BNaO4Si2. The van der Waals surface area contributed by atoms with Crippen molar-refractivity contribution in [3.05, 3.63) is 68.8 Å². The Bertz CT molecular complexity index is 1640. The molecule has 0 aromatic heterocycles. The third kappa shape index (κ3) is 11.0. The van der Waals surface area contributed by atoms with Crippen molar-refractivity contribution in [1.82, 2.24) is 0 Å². The van der Waals surface area contributed by atoms with Crippen LogP contribution in [0.15, 0.2) is 24.3 Å². The Morgan fingerprint density at radius 1 is 0.589 bits per heavy atom. The van der Waals surface area contributed by atoms with Gasteiger partial charge < -0.3 is 15.4 Å². The summed E-state index contributed by atoms with van der Waals surface area (Å²) in [6.45, 7) is 17.8. The molecule has 303 valence electrons. The molecule has 5 atom stereocenters. The Labute approximate surface area is 369 Å². The molecule has 6 aliphatic carbocycles. The minimum absolute atomic E-state index is 0. The molecule has 2 aromatic rings. The Kier molecular flexibility index (Phi) is 16.2. The first-order valence-electron chi connectivity index (χ1n) is 22.5. The Hall–Kier alpha value is -0.511. The van der Waals surface area contributed by atoms with Gasteiger partial charge in [0.1, 0.15) is 12.2 Å². The van der Waals surface area contributed by atoms with Gasteiger partial charge in [0, 0.05) is 26.8 Å². The molecule has 0 spiro atoms. The van der Waals surface area contributed by atoms with Crippen LogP contribution < -0.4 is 29.6 Å². The Morgan fingerprint density at radius 2 is 1.04 bits per heavy atom. The van der Waals surface area contributed by atoms with E-state index in [2.05, 4.69) is 77.4 Å². The second kappa shape index (κ2) is 19.5. The maximum Gasteiger partial charge on any atom is 1.00 e. The van der Waals surface area contributed by atoms with Gasteiger partial charge in [-0.1, -0.05) is 83.4 Å². The summed E-state index contributed by atoms with van der Waals surface area (Å²) in [5.74, 6) is 5.70. The molecule has 1 N–H and O–H groups in total. The van der Waals surface area contributed by atoms with Crippen LogP contribution in [0.3, 0.4) is 0 Å². The number of aliphatic hydroxyl groups excluding tert-OH is 1. The number of carbonyl (C=O) groups is 1. The summed E-state index contributed by atoms with van der Waals surface area (Å²) in [7, 11) is -3.32. The summed E-state index contributed by atoms with van der Waals surface area (Å²) < 4.78 is 12.4. The van der Waals surface area contributed by atoms with Crippen LogP contribution in [0.1, 0.15) is 148 Å². The third-order valence-electron chi connectivity index (χ3n) is 14.4. The Morgan fingerprint density at radius 3 is 1.50 bits per heavy atom. The molecular weight excluding hydrogens is 730 g/mol. The number of aliphatic hydroxyl groups is 1. The van der Waals surface area contributed by atoms with Crippen molar-refractivity contribution in [2.24, 2.45) is 35.5 Å². The maximum atomic E-state index is 12.9. The van der Waals surface area contributed by atoms with Crippen LogP contribution in [0.2, 0.25) is 39.3 Å². The molecule has 0 aliphatic heterocycles. The number of hydrogen-bond acceptors (Lipinski definition) is 4. The van der Waals surface area contributed by atoms with Gasteiger partial charge >= 0.3 is 29.6 Å². The SMILES string of the molecule is CCCC1CCC(C2Cc3cc4c(cc3C2)C(=O)C(O[Si](C)(C)C)C4)CC1.CCCC1CCC(C2Cc3cc4c(cc3C2)C(O)C(O[Si](C)(C)C)C4)CC1.[B].[H-].[Na+]. The van der Waals surface area contributed by atoms with Gasteiger partial charge in [-0.2, -0.15) is 0 Å². The van der Waals surface area contributed by atoms with E-state index in [0.29, 0.717) is 0 Å². The second-order valence-corrected chi connectivity index (χ2v) is 29.7. The largest absolute Gasteiger partial charge is 1.00 e. The number of carbonyl (C=O) groups excluding carboxylic acids is 1. The molecule has 5 unspecified atom stereocenters. The van der Waals surface area contributed by atoms with E-state index in [1.165, 1.54) is 131 Å². The topological polar surface area (TPSA) is 55.8 Å². The van der Waals surface area contributed by atoms with Gasteiger partial charge in [-0.3, -0.25) is 4.79 Å². The molecule has 2 fully saturated rings. The van der Waals surface area contributed by atoms with E-state index in [0.717, 1.165) is 59.5 Å². The van der Waals surface area contributed by atoms with E-state index in [-0.39, 0.29) is 57.4 Å². The third-order valence-corrected chi connectivity index (χ3v) is 16.4. The summed E-state index contributed by atoms with van der Waals surface area (Å²) in [5.41, 5.74) is 10.8. The van der Waals surface area contributed by atoms with E-state index in [1.807, 2.05) is 0 Å². The zero-order chi connectivity index (χ0) is 38.4. The van der Waals surface area contributed by atoms with Gasteiger partial charge in [-0.15, -0.1) is 0 Å². The van der Waals surface area contributed by atoms with E-state index >= 15 is 0 Å². The zero-order valence-corrected chi connectivity index (χ0v) is 41.0. The Balaban J connectivity index is 0.000000240. The monoisotopic (exact) mass is 806 g/mol. The van der Waals surface area contributed by atoms with Crippen molar-refractivity contribution in [1.29, 1.82) is 0 Å². The molecule has 4 nitrogen and oxygen atoms in total. The predicted octanol–water partition coefficient (Wildman–Crippen LogP) is 8.52. The number of hydrogen-bond donors (Lipinski definition) is 1. The number of benzene rings is 2. The quantitative estimate of drug-likeness (QED) is 0.245. The van der Waals surface area contributed by atoms with Crippen molar-refractivity contribution >= 4 is 30.8 Å². The number of ketones is 1. The molecule has 8 rings (SSSR count). The zero-order valence-electron chi connectivity index (χ0n) is 38.0. The summed E-state index contributed by atoms with van der Waals surface area (Å²) in [6, 6.07) is 9.36. The minimum atomic E-state index is -1.69. The van der Waals surface area contributed by atoms with Crippen LogP contribution in [-0.2, 0) is 47.4 Å². The summed E-state index contributed by atoms with van der Waals surface area (Å²) in [6.07, 6.45) is 23.0. The van der Waals surface area contributed by atoms with Crippen molar-refractivity contribution in [2.45, 2.75) is 187 Å². The fourth-order valence-electron chi connectivity index (χ4n) is 11.8. The molecule has 2 saturated carbocycles. The van der Waals surface area contributed by atoms with Crippen LogP contribution in [0.5, 0.6) is 0 Å². The van der Waals surface area contributed by atoms with Gasteiger partial charge in [0.25, 0.3) is 0 Å². The fraction of sp³-hybridized carbons (Fsp3) is 0.729. The first kappa shape index (κ1) is 46.6. The van der Waals surface area contributed by atoms with Crippen LogP contribution in [0.4, 0.5) is 0 Å². The molecule has 3 radical (unpaired) electrons. The van der Waals surface area contributed by atoms with Crippen molar-refractivity contribution in [2.75, 3.05) is 0 Å². The molecule has 0 amide bonds. The van der Waals surface area contributed by atoms with Gasteiger partial charge in [0.2, 0.25) is 0 Å². The number of Topliss-reactive ketones (excluding diaryl/α,β-unsaturated/α-hetero) is 1. The molecule has 6 aliphatic rings. The second-order valence-electron chi connectivity index (χ2n) is 20.8. The van der Waals surface area contributed by atoms with Crippen LogP contribution in [0.25, 0.3) is 0 Å². The number of rotatable bonds is 10. The molecule has 56 heavy (non-hydrogen) atoms.